The lowest BCUT2D eigenvalue weighted by molar-refractivity contribution is 0.0696. The summed E-state index contributed by atoms with van der Waals surface area (Å²) in [5.74, 6) is -1.10. The molecule has 9 heteroatoms. The monoisotopic (exact) mass is 345 g/mol. The highest BCUT2D eigenvalue weighted by atomic mass is 79.9. The van der Waals surface area contributed by atoms with Gasteiger partial charge in [0.15, 0.2) is 0 Å². The van der Waals surface area contributed by atoms with Crippen molar-refractivity contribution in [2.45, 2.75) is 0 Å². The Morgan fingerprint density at radius 1 is 1.35 bits per heavy atom. The molecule has 0 atom stereocenters. The number of nitrogens with one attached hydrogen (secondary N) is 2. The molecule has 5 N–H and O–H groups in total. The summed E-state index contributed by atoms with van der Waals surface area (Å²) in [5.41, 5.74) is 5.09. The first-order valence-corrected chi connectivity index (χ1v) is 6.19. The number of anilines is 1. The van der Waals surface area contributed by atoms with Gasteiger partial charge in [-0.3, -0.25) is 0 Å². The van der Waals surface area contributed by atoms with E-state index in [1.54, 1.807) is 0 Å². The molecule has 0 unspecified atom stereocenters. The molecule has 0 bridgehead atoms. The van der Waals surface area contributed by atoms with Crippen molar-refractivity contribution in [3.05, 3.63) is 28.2 Å². The number of rotatable bonds is 5. The van der Waals surface area contributed by atoms with Gasteiger partial charge in [-0.25, -0.2) is 14.4 Å². The SMILES string of the molecule is NC(=O)OCCNC(=O)Nc1cc(C(=O)O)ccc1Br. The number of hydrogen-bond acceptors (Lipinski definition) is 4. The zero-order valence-corrected chi connectivity index (χ0v) is 11.8. The first kappa shape index (κ1) is 15.8. The van der Waals surface area contributed by atoms with Crippen LogP contribution in [0.25, 0.3) is 0 Å². The standard InChI is InChI=1S/C11H12BrN3O5/c12-7-2-1-6(9(16)17)5-8(7)15-11(19)14-3-4-20-10(13)18/h1-2,5H,3-4H2,(H2,13,18)(H,16,17)(H2,14,15,19). The van der Waals surface area contributed by atoms with Gasteiger partial charge >= 0.3 is 18.1 Å². The minimum Gasteiger partial charge on any atom is -0.478 e. The van der Waals surface area contributed by atoms with E-state index in [2.05, 4.69) is 31.3 Å². The molecule has 1 rings (SSSR count). The van der Waals surface area contributed by atoms with Gasteiger partial charge in [0.1, 0.15) is 6.61 Å². The van der Waals surface area contributed by atoms with Crippen molar-refractivity contribution in [2.24, 2.45) is 5.73 Å². The molecule has 3 amide bonds. The molecule has 0 aliphatic carbocycles. The summed E-state index contributed by atoms with van der Waals surface area (Å²) in [4.78, 5) is 32.6. The van der Waals surface area contributed by atoms with Crippen molar-refractivity contribution in [2.75, 3.05) is 18.5 Å². The first-order chi connectivity index (χ1) is 9.40. The molecule has 0 aliphatic heterocycles. The molecule has 0 heterocycles. The van der Waals surface area contributed by atoms with Gasteiger partial charge in [0.25, 0.3) is 0 Å². The summed E-state index contributed by atoms with van der Waals surface area (Å²) < 4.78 is 4.96. The Bertz CT molecular complexity index is 535. The molecular weight excluding hydrogens is 334 g/mol. The lowest BCUT2D eigenvalue weighted by Gasteiger charge is -2.09. The maximum atomic E-state index is 11.5. The highest BCUT2D eigenvalue weighted by Crippen LogP contribution is 2.23. The molecule has 108 valence electrons. The molecule has 0 saturated heterocycles. The van der Waals surface area contributed by atoms with Crippen LogP contribution in [0.1, 0.15) is 10.4 Å². The van der Waals surface area contributed by atoms with Crippen LogP contribution in [0, 0.1) is 0 Å². The van der Waals surface area contributed by atoms with Crippen molar-refractivity contribution in [3.63, 3.8) is 0 Å². The lowest BCUT2D eigenvalue weighted by Crippen LogP contribution is -2.32. The highest BCUT2D eigenvalue weighted by molar-refractivity contribution is 9.10. The summed E-state index contributed by atoms with van der Waals surface area (Å²) in [6, 6.07) is 3.65. The average molecular weight is 346 g/mol. The third-order valence-corrected chi connectivity index (χ3v) is 2.78. The fourth-order valence-corrected chi connectivity index (χ4v) is 1.58. The van der Waals surface area contributed by atoms with Crippen LogP contribution in [0.4, 0.5) is 15.3 Å². The van der Waals surface area contributed by atoms with Crippen LogP contribution < -0.4 is 16.4 Å². The van der Waals surface area contributed by atoms with E-state index in [0.717, 1.165) is 0 Å². The zero-order chi connectivity index (χ0) is 15.1. The van der Waals surface area contributed by atoms with E-state index in [0.29, 0.717) is 10.2 Å². The third-order valence-electron chi connectivity index (χ3n) is 2.09. The number of carbonyl (C=O) groups excluding carboxylic acids is 2. The van der Waals surface area contributed by atoms with E-state index in [4.69, 9.17) is 10.8 Å². The van der Waals surface area contributed by atoms with Gasteiger partial charge in [0.05, 0.1) is 17.8 Å². The molecule has 1 aromatic carbocycles. The predicted molar refractivity (Wildman–Crippen MR) is 73.7 cm³/mol. The largest absolute Gasteiger partial charge is 0.478 e. The maximum absolute atomic E-state index is 11.5. The second kappa shape index (κ2) is 7.34. The van der Waals surface area contributed by atoms with Gasteiger partial charge in [-0.2, -0.15) is 0 Å². The van der Waals surface area contributed by atoms with Crippen molar-refractivity contribution >= 4 is 39.7 Å². The number of carboxylic acid groups (broad SMARTS) is 1. The first-order valence-electron chi connectivity index (χ1n) is 5.40. The second-order valence-electron chi connectivity index (χ2n) is 3.55. The molecule has 1 aromatic rings. The molecule has 8 nitrogen and oxygen atoms in total. The number of carboxylic acids is 1. The molecule has 0 aromatic heterocycles. The van der Waals surface area contributed by atoms with Crippen molar-refractivity contribution in [3.8, 4) is 0 Å². The van der Waals surface area contributed by atoms with Gasteiger partial charge < -0.3 is 26.2 Å². The molecular formula is C11H12BrN3O5. The number of ether oxygens (including phenoxy) is 1. The number of amides is 3. The quantitative estimate of drug-likeness (QED) is 0.598. The van der Waals surface area contributed by atoms with E-state index in [1.807, 2.05) is 0 Å². The number of benzene rings is 1. The van der Waals surface area contributed by atoms with Gasteiger partial charge in [-0.1, -0.05) is 0 Å². The van der Waals surface area contributed by atoms with Gasteiger partial charge in [0, 0.05) is 4.47 Å². The Kier molecular flexibility index (Phi) is 5.78. The lowest BCUT2D eigenvalue weighted by atomic mass is 10.2. The zero-order valence-electron chi connectivity index (χ0n) is 10.2. The number of carbonyl (C=O) groups is 3. The minimum absolute atomic E-state index is 0.0422. The van der Waals surface area contributed by atoms with Crippen LogP contribution in [-0.4, -0.2) is 36.4 Å². The van der Waals surface area contributed by atoms with Gasteiger partial charge in [-0.15, -0.1) is 0 Å². The van der Waals surface area contributed by atoms with Gasteiger partial charge in [-0.05, 0) is 34.1 Å². The summed E-state index contributed by atoms with van der Waals surface area (Å²) in [6.07, 6.45) is -0.927. The second-order valence-corrected chi connectivity index (χ2v) is 4.40. The van der Waals surface area contributed by atoms with E-state index in [-0.39, 0.29) is 18.7 Å². The third kappa shape index (κ3) is 5.14. The molecule has 0 radical (unpaired) electrons. The molecule has 0 saturated carbocycles. The molecule has 20 heavy (non-hydrogen) atoms. The van der Waals surface area contributed by atoms with E-state index < -0.39 is 18.1 Å². The minimum atomic E-state index is -1.10. The Morgan fingerprint density at radius 2 is 2.05 bits per heavy atom. The molecule has 0 fully saturated rings. The highest BCUT2D eigenvalue weighted by Gasteiger charge is 2.09. The number of primary amides is 1. The topological polar surface area (TPSA) is 131 Å². The number of nitrogens with two attached hydrogens (primary N) is 1. The van der Waals surface area contributed by atoms with Crippen molar-refractivity contribution in [1.29, 1.82) is 0 Å². The number of halogens is 1. The van der Waals surface area contributed by atoms with Crippen LogP contribution in [0.2, 0.25) is 0 Å². The van der Waals surface area contributed by atoms with Crippen molar-refractivity contribution < 1.29 is 24.2 Å². The summed E-state index contributed by atoms with van der Waals surface area (Å²) >= 11 is 3.19. The fraction of sp³-hybridized carbons (Fsp3) is 0.182. The summed E-state index contributed by atoms with van der Waals surface area (Å²) in [6.45, 7) is 0.0180. The van der Waals surface area contributed by atoms with Crippen LogP contribution in [-0.2, 0) is 4.74 Å². The predicted octanol–water partition coefficient (Wildman–Crippen LogP) is 1.36. The van der Waals surface area contributed by atoms with Crippen LogP contribution in [0.5, 0.6) is 0 Å². The average Bonchev–Trinajstić information content (AvgIpc) is 2.37. The van der Waals surface area contributed by atoms with Crippen LogP contribution in [0.15, 0.2) is 22.7 Å². The number of hydrogen-bond donors (Lipinski definition) is 4. The molecule has 0 aliphatic rings. The normalized spacial score (nSPS) is 9.65. The Hall–Kier alpha value is -2.29. The maximum Gasteiger partial charge on any atom is 0.404 e. The molecule has 0 spiro atoms. The summed E-state index contributed by atoms with van der Waals surface area (Å²) in [5, 5.41) is 13.7. The van der Waals surface area contributed by atoms with E-state index in [1.165, 1.54) is 18.2 Å². The Balaban J connectivity index is 2.55. The number of aromatic carboxylic acids is 1. The van der Waals surface area contributed by atoms with Crippen molar-refractivity contribution in [1.82, 2.24) is 5.32 Å². The van der Waals surface area contributed by atoms with Crippen LogP contribution in [0.3, 0.4) is 0 Å². The van der Waals surface area contributed by atoms with E-state index >= 15 is 0 Å². The smallest absolute Gasteiger partial charge is 0.404 e. The van der Waals surface area contributed by atoms with E-state index in [9.17, 15) is 14.4 Å². The number of urea groups is 1. The van der Waals surface area contributed by atoms with Crippen LogP contribution >= 0.6 is 15.9 Å². The Labute approximate surface area is 122 Å². The fourth-order valence-electron chi connectivity index (χ4n) is 1.24. The Morgan fingerprint density at radius 3 is 2.65 bits per heavy atom. The van der Waals surface area contributed by atoms with Gasteiger partial charge in [0.2, 0.25) is 0 Å². The summed E-state index contributed by atoms with van der Waals surface area (Å²) in [7, 11) is 0.